The van der Waals surface area contributed by atoms with E-state index in [1.54, 1.807) is 0 Å². The number of hydrogen-bond acceptors (Lipinski definition) is 3. The molecule has 0 amide bonds. The summed E-state index contributed by atoms with van der Waals surface area (Å²) in [5.41, 5.74) is 0. The molecule has 1 aliphatic carbocycles. The molecule has 16 heavy (non-hydrogen) atoms. The van der Waals surface area contributed by atoms with E-state index in [0.717, 1.165) is 25.8 Å². The zero-order valence-electron chi connectivity index (χ0n) is 9.98. The van der Waals surface area contributed by atoms with Crippen LogP contribution in [0.15, 0.2) is 0 Å². The number of nitrogens with one attached hydrogen (secondary N) is 1. The fourth-order valence-corrected chi connectivity index (χ4v) is 2.26. The van der Waals surface area contributed by atoms with E-state index in [1.807, 2.05) is 6.92 Å². The van der Waals surface area contributed by atoms with E-state index in [4.69, 9.17) is 5.11 Å². The first kappa shape index (κ1) is 13.5. The Kier molecular flexibility index (Phi) is 5.77. The van der Waals surface area contributed by atoms with Gasteiger partial charge < -0.3 is 15.5 Å². The van der Waals surface area contributed by atoms with Crippen molar-refractivity contribution in [3.05, 3.63) is 0 Å². The highest BCUT2D eigenvalue weighted by atomic mass is 16.4. The molecule has 94 valence electrons. The molecule has 0 aliphatic heterocycles. The molecule has 0 spiro atoms. The van der Waals surface area contributed by atoms with Crippen LogP contribution in [0.25, 0.3) is 0 Å². The van der Waals surface area contributed by atoms with Crippen LogP contribution in [-0.2, 0) is 4.79 Å². The Morgan fingerprint density at radius 3 is 2.88 bits per heavy atom. The second kappa shape index (κ2) is 6.86. The van der Waals surface area contributed by atoms with E-state index < -0.39 is 5.97 Å². The smallest absolute Gasteiger partial charge is 0.303 e. The van der Waals surface area contributed by atoms with Gasteiger partial charge in [-0.25, -0.2) is 0 Å². The van der Waals surface area contributed by atoms with Crippen LogP contribution in [0.2, 0.25) is 0 Å². The minimum absolute atomic E-state index is 0.130. The number of carbonyl (C=O) groups is 1. The first-order valence-corrected chi connectivity index (χ1v) is 6.21. The van der Waals surface area contributed by atoms with E-state index in [-0.39, 0.29) is 18.6 Å². The Morgan fingerprint density at radius 2 is 2.25 bits per heavy atom. The number of aliphatic carboxylic acids is 1. The molecule has 3 N–H and O–H groups in total. The van der Waals surface area contributed by atoms with Crippen molar-refractivity contribution < 1.29 is 15.0 Å². The second-order valence-corrected chi connectivity index (χ2v) is 4.93. The van der Waals surface area contributed by atoms with Gasteiger partial charge in [-0.1, -0.05) is 6.42 Å². The predicted molar refractivity (Wildman–Crippen MR) is 62.3 cm³/mol. The third-order valence-corrected chi connectivity index (χ3v) is 3.30. The molecular formula is C12H23NO3. The van der Waals surface area contributed by atoms with Crippen LogP contribution >= 0.6 is 0 Å². The molecule has 0 radical (unpaired) electrons. The van der Waals surface area contributed by atoms with Crippen molar-refractivity contribution in [3.8, 4) is 0 Å². The van der Waals surface area contributed by atoms with E-state index in [9.17, 15) is 9.90 Å². The normalized spacial score (nSPS) is 27.6. The van der Waals surface area contributed by atoms with Gasteiger partial charge in [0, 0.05) is 12.5 Å². The lowest BCUT2D eigenvalue weighted by molar-refractivity contribution is -0.137. The van der Waals surface area contributed by atoms with Gasteiger partial charge in [-0.15, -0.1) is 0 Å². The summed E-state index contributed by atoms with van der Waals surface area (Å²) in [7, 11) is 0. The van der Waals surface area contributed by atoms with E-state index >= 15 is 0 Å². The summed E-state index contributed by atoms with van der Waals surface area (Å²) in [6.45, 7) is 2.92. The SMILES string of the molecule is CC(CCC(=O)O)NCC1CCCC(O)C1. The molecule has 0 aromatic heterocycles. The van der Waals surface area contributed by atoms with Crippen molar-refractivity contribution in [2.75, 3.05) is 6.54 Å². The zero-order valence-corrected chi connectivity index (χ0v) is 9.98. The summed E-state index contributed by atoms with van der Waals surface area (Å²) >= 11 is 0. The van der Waals surface area contributed by atoms with Gasteiger partial charge in [-0.3, -0.25) is 4.79 Å². The summed E-state index contributed by atoms with van der Waals surface area (Å²) in [6, 6.07) is 0.246. The van der Waals surface area contributed by atoms with Gasteiger partial charge in [-0.05, 0) is 45.1 Å². The number of aliphatic hydroxyl groups excluding tert-OH is 1. The minimum atomic E-state index is -0.735. The first-order valence-electron chi connectivity index (χ1n) is 6.21. The maximum atomic E-state index is 10.4. The molecule has 0 heterocycles. The highest BCUT2D eigenvalue weighted by Gasteiger charge is 2.20. The third kappa shape index (κ3) is 5.47. The van der Waals surface area contributed by atoms with Crippen LogP contribution in [0.5, 0.6) is 0 Å². The summed E-state index contributed by atoms with van der Waals surface area (Å²) in [5.74, 6) is -0.183. The highest BCUT2D eigenvalue weighted by molar-refractivity contribution is 5.66. The molecule has 1 rings (SSSR count). The number of rotatable bonds is 6. The number of carboxylic acid groups (broad SMARTS) is 1. The first-order chi connectivity index (χ1) is 7.58. The van der Waals surface area contributed by atoms with E-state index in [2.05, 4.69) is 5.32 Å². The molecule has 1 saturated carbocycles. The van der Waals surface area contributed by atoms with Crippen LogP contribution < -0.4 is 5.32 Å². The maximum Gasteiger partial charge on any atom is 0.303 e. The largest absolute Gasteiger partial charge is 0.481 e. The van der Waals surface area contributed by atoms with E-state index in [0.29, 0.717) is 12.3 Å². The molecule has 0 aromatic carbocycles. The van der Waals surface area contributed by atoms with Crippen LogP contribution in [0.4, 0.5) is 0 Å². The summed E-state index contributed by atoms with van der Waals surface area (Å²) < 4.78 is 0. The van der Waals surface area contributed by atoms with Gasteiger partial charge in [0.2, 0.25) is 0 Å². The standard InChI is InChI=1S/C12H23NO3/c1-9(5-6-12(15)16)13-8-10-3-2-4-11(14)7-10/h9-11,13-14H,2-8H2,1H3,(H,15,16). The van der Waals surface area contributed by atoms with E-state index in [1.165, 1.54) is 6.42 Å². The lowest BCUT2D eigenvalue weighted by atomic mass is 9.87. The molecule has 4 nitrogen and oxygen atoms in total. The lowest BCUT2D eigenvalue weighted by Crippen LogP contribution is -2.34. The predicted octanol–water partition coefficient (Wildman–Crippen LogP) is 1.38. The third-order valence-electron chi connectivity index (χ3n) is 3.30. The second-order valence-electron chi connectivity index (χ2n) is 4.93. The molecule has 4 heteroatoms. The maximum absolute atomic E-state index is 10.4. The van der Waals surface area contributed by atoms with Crippen molar-refractivity contribution in [3.63, 3.8) is 0 Å². The Balaban J connectivity index is 2.10. The Hall–Kier alpha value is -0.610. The Labute approximate surface area is 97.0 Å². The molecular weight excluding hydrogens is 206 g/mol. The van der Waals surface area contributed by atoms with Crippen molar-refractivity contribution in [1.29, 1.82) is 0 Å². The van der Waals surface area contributed by atoms with Crippen molar-refractivity contribution in [1.82, 2.24) is 5.32 Å². The molecule has 0 bridgehead atoms. The van der Waals surface area contributed by atoms with Crippen LogP contribution in [-0.4, -0.2) is 34.9 Å². The Morgan fingerprint density at radius 1 is 1.50 bits per heavy atom. The van der Waals surface area contributed by atoms with Crippen LogP contribution in [0, 0.1) is 5.92 Å². The fraction of sp³-hybridized carbons (Fsp3) is 0.917. The van der Waals surface area contributed by atoms with Crippen molar-refractivity contribution in [2.45, 2.75) is 57.6 Å². The molecule has 0 saturated heterocycles. The molecule has 0 aromatic rings. The quantitative estimate of drug-likeness (QED) is 0.643. The highest BCUT2D eigenvalue weighted by Crippen LogP contribution is 2.23. The van der Waals surface area contributed by atoms with Gasteiger partial charge >= 0.3 is 5.97 Å². The topological polar surface area (TPSA) is 69.6 Å². The molecule has 3 atom stereocenters. The average Bonchev–Trinajstić information content (AvgIpc) is 2.23. The van der Waals surface area contributed by atoms with Crippen LogP contribution in [0.3, 0.4) is 0 Å². The van der Waals surface area contributed by atoms with Crippen molar-refractivity contribution >= 4 is 5.97 Å². The number of hydrogen-bond donors (Lipinski definition) is 3. The molecule has 3 unspecified atom stereocenters. The fourth-order valence-electron chi connectivity index (χ4n) is 2.26. The number of aliphatic hydroxyl groups is 1. The average molecular weight is 229 g/mol. The van der Waals surface area contributed by atoms with Gasteiger partial charge in [-0.2, -0.15) is 0 Å². The summed E-state index contributed by atoms with van der Waals surface area (Å²) in [4.78, 5) is 10.4. The molecule has 1 fully saturated rings. The van der Waals surface area contributed by atoms with Gasteiger partial charge in [0.05, 0.1) is 6.10 Å². The minimum Gasteiger partial charge on any atom is -0.481 e. The monoisotopic (exact) mass is 229 g/mol. The summed E-state index contributed by atoms with van der Waals surface area (Å²) in [5, 5.41) is 21.4. The number of carboxylic acids is 1. The van der Waals surface area contributed by atoms with Crippen LogP contribution in [0.1, 0.15) is 45.4 Å². The van der Waals surface area contributed by atoms with Gasteiger partial charge in [0.15, 0.2) is 0 Å². The Bertz CT molecular complexity index is 220. The van der Waals surface area contributed by atoms with Gasteiger partial charge in [0.1, 0.15) is 0 Å². The van der Waals surface area contributed by atoms with Crippen molar-refractivity contribution in [2.24, 2.45) is 5.92 Å². The zero-order chi connectivity index (χ0) is 12.0. The lowest BCUT2D eigenvalue weighted by Gasteiger charge is -2.27. The molecule has 1 aliphatic rings. The summed E-state index contributed by atoms with van der Waals surface area (Å²) in [6.07, 6.45) is 4.87. The van der Waals surface area contributed by atoms with Gasteiger partial charge in [0.25, 0.3) is 0 Å².